The molecule has 0 radical (unpaired) electrons. The number of imidazole rings is 1. The molecule has 0 saturated heterocycles. The van der Waals surface area contributed by atoms with Crippen LogP contribution < -0.4 is 0 Å². The molecule has 2 aromatic rings. The van der Waals surface area contributed by atoms with Gasteiger partial charge in [-0.2, -0.15) is 0 Å². The number of hydrogen-bond acceptors (Lipinski definition) is 2. The van der Waals surface area contributed by atoms with E-state index in [0.717, 1.165) is 29.1 Å². The lowest BCUT2D eigenvalue weighted by Gasteiger charge is -2.05. The van der Waals surface area contributed by atoms with E-state index < -0.39 is 0 Å². The van der Waals surface area contributed by atoms with Crippen molar-refractivity contribution in [1.29, 1.82) is 0 Å². The fourth-order valence-corrected chi connectivity index (χ4v) is 1.94. The molecule has 3 nitrogen and oxygen atoms in total. The maximum absolute atomic E-state index is 6.10. The first kappa shape index (κ1) is 10.4. The largest absolute Gasteiger partial charge is 0.312 e. The van der Waals surface area contributed by atoms with Gasteiger partial charge in [0, 0.05) is 12.7 Å². The number of halogens is 1. The van der Waals surface area contributed by atoms with Gasteiger partial charge in [-0.25, -0.2) is 9.97 Å². The first-order chi connectivity index (χ1) is 7.15. The normalized spacial score (nSPS) is 13.3. The molecule has 2 heterocycles. The summed E-state index contributed by atoms with van der Waals surface area (Å²) in [5.74, 6) is 0.899. The minimum Gasteiger partial charge on any atom is -0.312 e. The van der Waals surface area contributed by atoms with Crippen molar-refractivity contribution in [2.24, 2.45) is 0 Å². The Morgan fingerprint density at radius 1 is 1.53 bits per heavy atom. The van der Waals surface area contributed by atoms with E-state index in [0.29, 0.717) is 0 Å². The van der Waals surface area contributed by atoms with Crippen LogP contribution in [0.4, 0.5) is 0 Å². The van der Waals surface area contributed by atoms with Crippen LogP contribution in [0.3, 0.4) is 0 Å². The second-order valence-electron chi connectivity index (χ2n) is 3.63. The number of fused-ring (bicyclic) bond motifs is 1. The molecular weight excluding hydrogens is 210 g/mol. The smallest absolute Gasteiger partial charge is 0.160 e. The van der Waals surface area contributed by atoms with Gasteiger partial charge in [0.05, 0.1) is 5.38 Å². The molecule has 0 N–H and O–H groups in total. The highest BCUT2D eigenvalue weighted by Gasteiger charge is 2.15. The molecule has 0 aliphatic carbocycles. The molecule has 0 aliphatic heterocycles. The Balaban J connectivity index is 2.78. The van der Waals surface area contributed by atoms with Gasteiger partial charge in [-0.05, 0) is 32.4 Å². The van der Waals surface area contributed by atoms with E-state index in [9.17, 15) is 0 Å². The van der Waals surface area contributed by atoms with E-state index in [1.165, 1.54) is 0 Å². The van der Waals surface area contributed by atoms with Gasteiger partial charge in [-0.1, -0.05) is 0 Å². The van der Waals surface area contributed by atoms with Crippen molar-refractivity contribution in [2.45, 2.75) is 32.7 Å². The van der Waals surface area contributed by atoms with E-state index in [1.807, 2.05) is 26.1 Å². The molecule has 0 bridgehead atoms. The number of aromatic nitrogens is 3. The van der Waals surface area contributed by atoms with Crippen molar-refractivity contribution in [1.82, 2.24) is 14.5 Å². The lowest BCUT2D eigenvalue weighted by molar-refractivity contribution is 0.711. The summed E-state index contributed by atoms with van der Waals surface area (Å²) in [6.45, 7) is 6.90. The number of nitrogens with zero attached hydrogens (tertiary/aromatic N) is 3. The highest BCUT2D eigenvalue weighted by atomic mass is 35.5. The third-order valence-corrected chi connectivity index (χ3v) is 2.73. The molecule has 15 heavy (non-hydrogen) atoms. The third kappa shape index (κ3) is 1.61. The highest BCUT2D eigenvalue weighted by molar-refractivity contribution is 6.20. The summed E-state index contributed by atoms with van der Waals surface area (Å²) >= 11 is 6.10. The molecule has 0 spiro atoms. The first-order valence-corrected chi connectivity index (χ1v) is 5.54. The van der Waals surface area contributed by atoms with E-state index in [4.69, 9.17) is 11.6 Å². The zero-order valence-corrected chi connectivity index (χ0v) is 9.91. The quantitative estimate of drug-likeness (QED) is 0.733. The summed E-state index contributed by atoms with van der Waals surface area (Å²) in [6.07, 6.45) is 1.81. The molecule has 1 atom stereocenters. The number of rotatable bonds is 2. The van der Waals surface area contributed by atoms with Crippen LogP contribution in [0.2, 0.25) is 0 Å². The lowest BCUT2D eigenvalue weighted by Crippen LogP contribution is -2.02. The highest BCUT2D eigenvalue weighted by Crippen LogP contribution is 2.24. The minimum atomic E-state index is -0.0847. The number of alkyl halides is 1. The summed E-state index contributed by atoms with van der Waals surface area (Å²) in [7, 11) is 0. The molecule has 0 aliphatic rings. The Bertz CT molecular complexity index is 488. The predicted molar refractivity (Wildman–Crippen MR) is 62.2 cm³/mol. The van der Waals surface area contributed by atoms with Gasteiger partial charge in [0.2, 0.25) is 0 Å². The van der Waals surface area contributed by atoms with Crippen LogP contribution in [0, 0.1) is 6.92 Å². The summed E-state index contributed by atoms with van der Waals surface area (Å²) in [6, 6.07) is 1.97. The minimum absolute atomic E-state index is 0.0847. The fraction of sp³-hybridized carbons (Fsp3) is 0.455. The molecule has 1 unspecified atom stereocenters. The van der Waals surface area contributed by atoms with Crippen LogP contribution in [0.1, 0.15) is 30.6 Å². The summed E-state index contributed by atoms with van der Waals surface area (Å²) < 4.78 is 2.07. The number of aryl methyl sites for hydroxylation is 2. The van der Waals surface area contributed by atoms with Gasteiger partial charge >= 0.3 is 0 Å². The third-order valence-electron chi connectivity index (χ3n) is 2.54. The lowest BCUT2D eigenvalue weighted by atomic mass is 10.3. The van der Waals surface area contributed by atoms with Gasteiger partial charge < -0.3 is 4.57 Å². The van der Waals surface area contributed by atoms with Crippen LogP contribution >= 0.6 is 11.6 Å². The van der Waals surface area contributed by atoms with Crippen LogP contribution in [-0.4, -0.2) is 14.5 Å². The predicted octanol–water partition coefficient (Wildman–Crippen LogP) is 3.06. The maximum Gasteiger partial charge on any atom is 0.160 e. The Labute approximate surface area is 94.1 Å². The molecular formula is C11H14ClN3. The molecule has 0 fully saturated rings. The monoisotopic (exact) mass is 223 g/mol. The molecule has 4 heteroatoms. The van der Waals surface area contributed by atoms with Crippen LogP contribution in [0.25, 0.3) is 11.2 Å². The second kappa shape index (κ2) is 3.81. The van der Waals surface area contributed by atoms with Crippen molar-refractivity contribution in [3.05, 3.63) is 23.7 Å². The summed E-state index contributed by atoms with van der Waals surface area (Å²) in [5, 5.41) is -0.0847. The van der Waals surface area contributed by atoms with Crippen LogP contribution in [0.5, 0.6) is 0 Å². The van der Waals surface area contributed by atoms with E-state index in [-0.39, 0.29) is 5.38 Å². The van der Waals surface area contributed by atoms with Gasteiger partial charge in [0.25, 0.3) is 0 Å². The van der Waals surface area contributed by atoms with Gasteiger partial charge in [0.1, 0.15) is 11.3 Å². The van der Waals surface area contributed by atoms with E-state index in [1.54, 1.807) is 0 Å². The average molecular weight is 224 g/mol. The number of pyridine rings is 1. The van der Waals surface area contributed by atoms with Crippen molar-refractivity contribution < 1.29 is 0 Å². The molecule has 0 saturated carbocycles. The van der Waals surface area contributed by atoms with Crippen LogP contribution in [-0.2, 0) is 6.54 Å². The van der Waals surface area contributed by atoms with Crippen molar-refractivity contribution in [3.63, 3.8) is 0 Å². The second-order valence-corrected chi connectivity index (χ2v) is 4.28. The first-order valence-electron chi connectivity index (χ1n) is 5.11. The van der Waals surface area contributed by atoms with Crippen molar-refractivity contribution in [2.75, 3.05) is 0 Å². The average Bonchev–Trinajstić information content (AvgIpc) is 2.57. The van der Waals surface area contributed by atoms with Gasteiger partial charge in [0.15, 0.2) is 5.65 Å². The fourth-order valence-electron chi connectivity index (χ4n) is 1.77. The standard InChI is InChI=1S/C11H14ClN3/c1-4-15-10(8(3)12)14-9-7(2)5-6-13-11(9)15/h5-6,8H,4H2,1-3H3. The van der Waals surface area contributed by atoms with Gasteiger partial charge in [-0.3, -0.25) is 0 Å². The Morgan fingerprint density at radius 3 is 2.87 bits per heavy atom. The molecule has 2 aromatic heterocycles. The SMILES string of the molecule is CCn1c(C(C)Cl)nc2c(C)ccnc21. The van der Waals surface area contributed by atoms with Crippen molar-refractivity contribution >= 4 is 22.8 Å². The zero-order valence-electron chi connectivity index (χ0n) is 9.16. The van der Waals surface area contributed by atoms with E-state index >= 15 is 0 Å². The Kier molecular flexibility index (Phi) is 2.65. The van der Waals surface area contributed by atoms with Gasteiger partial charge in [-0.15, -0.1) is 11.6 Å². The van der Waals surface area contributed by atoms with Crippen molar-refractivity contribution in [3.8, 4) is 0 Å². The Hall–Kier alpha value is -1.09. The van der Waals surface area contributed by atoms with Crippen LogP contribution in [0.15, 0.2) is 12.3 Å². The maximum atomic E-state index is 6.10. The summed E-state index contributed by atoms with van der Waals surface area (Å²) in [4.78, 5) is 8.91. The van der Waals surface area contributed by atoms with E-state index in [2.05, 4.69) is 21.5 Å². The molecule has 0 aromatic carbocycles. The summed E-state index contributed by atoms with van der Waals surface area (Å²) in [5.41, 5.74) is 3.03. The molecule has 0 amide bonds. The number of hydrogen-bond donors (Lipinski definition) is 0. The Morgan fingerprint density at radius 2 is 2.27 bits per heavy atom. The topological polar surface area (TPSA) is 30.7 Å². The molecule has 80 valence electrons. The zero-order chi connectivity index (χ0) is 11.0. The molecule has 2 rings (SSSR count).